The van der Waals surface area contributed by atoms with Crippen molar-refractivity contribution in [1.82, 2.24) is 5.32 Å². The normalized spacial score (nSPS) is 12.4. The van der Waals surface area contributed by atoms with Crippen LogP contribution in [0, 0.1) is 0 Å². The second-order valence-electron chi connectivity index (χ2n) is 3.78. The molecule has 0 radical (unpaired) electrons. The van der Waals surface area contributed by atoms with Gasteiger partial charge in [0.25, 0.3) is 0 Å². The van der Waals surface area contributed by atoms with Gasteiger partial charge in [0, 0.05) is 16.7 Å². The fourth-order valence-corrected chi connectivity index (χ4v) is 2.47. The molecule has 0 amide bonds. The van der Waals surface area contributed by atoms with E-state index in [0.717, 1.165) is 18.7 Å². The lowest BCUT2D eigenvalue weighted by Gasteiger charge is -2.13. The molecule has 0 saturated carbocycles. The van der Waals surface area contributed by atoms with Gasteiger partial charge in [0.1, 0.15) is 0 Å². The summed E-state index contributed by atoms with van der Waals surface area (Å²) in [5, 5.41) is 3.43. The fourth-order valence-electron chi connectivity index (χ4n) is 1.56. The third-order valence-electron chi connectivity index (χ3n) is 2.46. The Balaban J connectivity index is 2.59. The van der Waals surface area contributed by atoms with Crippen LogP contribution in [0.4, 0.5) is 0 Å². The number of benzene rings is 1. The molecule has 0 fully saturated rings. The van der Waals surface area contributed by atoms with Crippen molar-refractivity contribution < 1.29 is 0 Å². The number of hydrogen-bond donors (Lipinski definition) is 1. The highest BCUT2D eigenvalue weighted by Gasteiger charge is 2.03. The van der Waals surface area contributed by atoms with Crippen LogP contribution >= 0.6 is 11.8 Å². The van der Waals surface area contributed by atoms with E-state index in [1.54, 1.807) is 0 Å². The first-order chi connectivity index (χ1) is 7.77. The summed E-state index contributed by atoms with van der Waals surface area (Å²) in [6.07, 6.45) is 3.04. The van der Waals surface area contributed by atoms with E-state index >= 15 is 0 Å². The Morgan fingerprint density at radius 1 is 1.50 bits per heavy atom. The van der Waals surface area contributed by atoms with Gasteiger partial charge in [-0.2, -0.15) is 0 Å². The van der Waals surface area contributed by atoms with Crippen molar-refractivity contribution in [3.8, 4) is 0 Å². The second kappa shape index (κ2) is 7.53. The lowest BCUT2D eigenvalue weighted by Crippen LogP contribution is -2.17. The molecule has 1 rings (SSSR count). The van der Waals surface area contributed by atoms with E-state index in [9.17, 15) is 0 Å². The van der Waals surface area contributed by atoms with E-state index in [1.165, 1.54) is 10.5 Å². The summed E-state index contributed by atoms with van der Waals surface area (Å²) >= 11 is 1.90. The van der Waals surface area contributed by atoms with E-state index in [-0.39, 0.29) is 0 Å². The highest BCUT2D eigenvalue weighted by Crippen LogP contribution is 2.22. The maximum Gasteiger partial charge on any atom is 0.0292 e. The minimum Gasteiger partial charge on any atom is -0.310 e. The van der Waals surface area contributed by atoms with Gasteiger partial charge < -0.3 is 5.32 Å². The molecule has 0 aliphatic carbocycles. The lowest BCUT2D eigenvalue weighted by atomic mass is 10.1. The quantitative estimate of drug-likeness (QED) is 0.435. The first-order valence-electron chi connectivity index (χ1n) is 5.85. The number of thioether (sulfide) groups is 1. The van der Waals surface area contributed by atoms with Crippen molar-refractivity contribution >= 4 is 11.8 Å². The van der Waals surface area contributed by atoms with Crippen LogP contribution in [0.5, 0.6) is 0 Å². The largest absolute Gasteiger partial charge is 0.310 e. The van der Waals surface area contributed by atoms with Gasteiger partial charge in [0.05, 0.1) is 0 Å². The first-order valence-corrected chi connectivity index (χ1v) is 6.83. The SMILES string of the molecule is C=CCCSc1cccc(C(C)NCC)c1. The predicted molar refractivity (Wildman–Crippen MR) is 74.1 cm³/mol. The van der Waals surface area contributed by atoms with Crippen LogP contribution in [-0.4, -0.2) is 12.3 Å². The van der Waals surface area contributed by atoms with Gasteiger partial charge in [0.2, 0.25) is 0 Å². The average Bonchev–Trinajstić information content (AvgIpc) is 2.30. The Kier molecular flexibility index (Phi) is 6.27. The topological polar surface area (TPSA) is 12.0 Å². The van der Waals surface area contributed by atoms with Gasteiger partial charge in [-0.15, -0.1) is 18.3 Å². The van der Waals surface area contributed by atoms with Crippen molar-refractivity contribution in [3.63, 3.8) is 0 Å². The summed E-state index contributed by atoms with van der Waals surface area (Å²) in [7, 11) is 0. The molecule has 1 N–H and O–H groups in total. The molecule has 1 aromatic carbocycles. The monoisotopic (exact) mass is 235 g/mol. The molecule has 0 heterocycles. The molecule has 0 aliphatic heterocycles. The van der Waals surface area contributed by atoms with Crippen LogP contribution < -0.4 is 5.32 Å². The van der Waals surface area contributed by atoms with E-state index in [1.807, 2.05) is 17.8 Å². The lowest BCUT2D eigenvalue weighted by molar-refractivity contribution is 0.597. The molecule has 0 spiro atoms. The molecule has 2 heteroatoms. The van der Waals surface area contributed by atoms with Crippen molar-refractivity contribution in [2.24, 2.45) is 0 Å². The van der Waals surface area contributed by atoms with Crippen LogP contribution in [0.1, 0.15) is 31.9 Å². The smallest absolute Gasteiger partial charge is 0.0292 e. The van der Waals surface area contributed by atoms with Crippen LogP contribution in [0.2, 0.25) is 0 Å². The molecule has 1 nitrogen and oxygen atoms in total. The zero-order chi connectivity index (χ0) is 11.8. The van der Waals surface area contributed by atoms with Crippen LogP contribution in [-0.2, 0) is 0 Å². The van der Waals surface area contributed by atoms with Gasteiger partial charge in [-0.25, -0.2) is 0 Å². The summed E-state index contributed by atoms with van der Waals surface area (Å²) in [5.74, 6) is 1.11. The average molecular weight is 235 g/mol. The molecular weight excluding hydrogens is 214 g/mol. The maximum absolute atomic E-state index is 3.74. The third-order valence-corrected chi connectivity index (χ3v) is 3.49. The molecular formula is C14H21NS. The zero-order valence-corrected chi connectivity index (χ0v) is 11.0. The van der Waals surface area contributed by atoms with Gasteiger partial charge in [0.15, 0.2) is 0 Å². The molecule has 0 aromatic heterocycles. The number of nitrogens with one attached hydrogen (secondary N) is 1. The number of rotatable bonds is 7. The van der Waals surface area contributed by atoms with Gasteiger partial charge in [-0.1, -0.05) is 25.1 Å². The molecule has 1 atom stereocenters. The Morgan fingerprint density at radius 3 is 3.00 bits per heavy atom. The zero-order valence-electron chi connectivity index (χ0n) is 10.2. The van der Waals surface area contributed by atoms with Crippen molar-refractivity contribution in [2.75, 3.05) is 12.3 Å². The first kappa shape index (κ1) is 13.3. The fraction of sp³-hybridized carbons (Fsp3) is 0.429. The molecule has 16 heavy (non-hydrogen) atoms. The molecule has 0 aliphatic rings. The number of allylic oxidation sites excluding steroid dienone is 1. The summed E-state index contributed by atoms with van der Waals surface area (Å²) in [6.45, 7) is 9.09. The third kappa shape index (κ3) is 4.42. The van der Waals surface area contributed by atoms with Crippen molar-refractivity contribution in [2.45, 2.75) is 31.2 Å². The van der Waals surface area contributed by atoms with Gasteiger partial charge in [-0.05, 0) is 37.6 Å². The molecule has 1 unspecified atom stereocenters. The van der Waals surface area contributed by atoms with E-state index in [2.05, 4.69) is 50.0 Å². The second-order valence-corrected chi connectivity index (χ2v) is 4.95. The maximum atomic E-state index is 3.74. The Morgan fingerprint density at radius 2 is 2.31 bits per heavy atom. The molecule has 0 saturated heterocycles. The van der Waals surface area contributed by atoms with Crippen molar-refractivity contribution in [1.29, 1.82) is 0 Å². The minimum atomic E-state index is 0.435. The molecule has 88 valence electrons. The van der Waals surface area contributed by atoms with E-state index < -0.39 is 0 Å². The van der Waals surface area contributed by atoms with E-state index in [4.69, 9.17) is 0 Å². The summed E-state index contributed by atoms with van der Waals surface area (Å²) in [5.41, 5.74) is 1.37. The van der Waals surface area contributed by atoms with Gasteiger partial charge in [-0.3, -0.25) is 0 Å². The minimum absolute atomic E-state index is 0.435. The van der Waals surface area contributed by atoms with Crippen LogP contribution in [0.3, 0.4) is 0 Å². The van der Waals surface area contributed by atoms with Crippen molar-refractivity contribution in [3.05, 3.63) is 42.5 Å². The number of hydrogen-bond acceptors (Lipinski definition) is 2. The Bertz CT molecular complexity index is 322. The van der Waals surface area contributed by atoms with E-state index in [0.29, 0.717) is 6.04 Å². The van der Waals surface area contributed by atoms with Crippen LogP contribution in [0.25, 0.3) is 0 Å². The van der Waals surface area contributed by atoms with Gasteiger partial charge >= 0.3 is 0 Å². The Labute approximate surface area is 103 Å². The highest BCUT2D eigenvalue weighted by molar-refractivity contribution is 7.99. The molecule has 1 aromatic rings. The highest BCUT2D eigenvalue weighted by atomic mass is 32.2. The predicted octanol–water partition coefficient (Wildman–Crippen LogP) is 4.03. The standard InChI is InChI=1S/C14H21NS/c1-4-6-10-16-14-9-7-8-13(11-14)12(3)15-5-2/h4,7-9,11-12,15H,1,5-6,10H2,2-3H3. The Hall–Kier alpha value is -0.730. The summed E-state index contributed by atoms with van der Waals surface area (Å²) < 4.78 is 0. The summed E-state index contributed by atoms with van der Waals surface area (Å²) in [6, 6.07) is 9.21. The molecule has 0 bridgehead atoms. The summed E-state index contributed by atoms with van der Waals surface area (Å²) in [4.78, 5) is 1.35. The van der Waals surface area contributed by atoms with Crippen LogP contribution in [0.15, 0.2) is 41.8 Å².